The zero-order valence-electron chi connectivity index (χ0n) is 8.55. The van der Waals surface area contributed by atoms with Crippen LogP contribution in [-0.4, -0.2) is 4.98 Å². The van der Waals surface area contributed by atoms with Crippen LogP contribution in [0.3, 0.4) is 0 Å². The predicted octanol–water partition coefficient (Wildman–Crippen LogP) is 1.51. The standard InChI is InChI=1S/C10H17N2/c1-8-6-9(10(2,3)4)12(5)7-11-8/h6-7H,1-5H3/q+1. The first-order valence-electron chi connectivity index (χ1n) is 4.24. The van der Waals surface area contributed by atoms with Crippen molar-refractivity contribution in [1.29, 1.82) is 0 Å². The first-order valence-corrected chi connectivity index (χ1v) is 4.24. The van der Waals surface area contributed by atoms with Crippen LogP contribution in [0.25, 0.3) is 0 Å². The number of rotatable bonds is 0. The summed E-state index contributed by atoms with van der Waals surface area (Å²) in [5.41, 5.74) is 2.59. The lowest BCUT2D eigenvalue weighted by Crippen LogP contribution is -2.40. The number of aromatic nitrogens is 2. The first-order chi connectivity index (χ1) is 5.41. The highest BCUT2D eigenvalue weighted by atomic mass is 15.0. The summed E-state index contributed by atoms with van der Waals surface area (Å²) >= 11 is 0. The van der Waals surface area contributed by atoms with E-state index in [0.29, 0.717) is 0 Å². The number of hydrogen-bond acceptors (Lipinski definition) is 1. The molecule has 66 valence electrons. The second-order valence-electron chi connectivity index (χ2n) is 4.28. The number of nitrogens with zero attached hydrogens (tertiary/aromatic N) is 2. The molecule has 1 aromatic heterocycles. The molecule has 0 saturated heterocycles. The Bertz CT molecular complexity index is 284. The average Bonchev–Trinajstić information content (AvgIpc) is 1.92. The van der Waals surface area contributed by atoms with E-state index in [1.165, 1.54) is 5.69 Å². The Morgan fingerprint density at radius 2 is 1.92 bits per heavy atom. The summed E-state index contributed by atoms with van der Waals surface area (Å²) < 4.78 is 2.08. The molecule has 1 heterocycles. The molecule has 2 heteroatoms. The molecule has 1 rings (SSSR count). The Hall–Kier alpha value is -0.920. The van der Waals surface area contributed by atoms with Gasteiger partial charge in [-0.2, -0.15) is 0 Å². The molecule has 0 bridgehead atoms. The molecule has 0 N–H and O–H groups in total. The highest BCUT2D eigenvalue weighted by Gasteiger charge is 2.20. The summed E-state index contributed by atoms with van der Waals surface area (Å²) in [4.78, 5) is 4.22. The Labute approximate surface area is 74.3 Å². The van der Waals surface area contributed by atoms with Gasteiger partial charge in [0.1, 0.15) is 5.69 Å². The van der Waals surface area contributed by atoms with Crippen molar-refractivity contribution in [2.75, 3.05) is 0 Å². The van der Waals surface area contributed by atoms with E-state index < -0.39 is 0 Å². The number of hydrogen-bond donors (Lipinski definition) is 0. The monoisotopic (exact) mass is 165 g/mol. The first kappa shape index (κ1) is 9.17. The summed E-state index contributed by atoms with van der Waals surface area (Å²) in [7, 11) is 2.03. The van der Waals surface area contributed by atoms with E-state index >= 15 is 0 Å². The van der Waals surface area contributed by atoms with Gasteiger partial charge in [-0.3, -0.25) is 0 Å². The van der Waals surface area contributed by atoms with Gasteiger partial charge in [-0.1, -0.05) is 25.8 Å². The van der Waals surface area contributed by atoms with Gasteiger partial charge in [-0.15, -0.1) is 0 Å². The second-order valence-corrected chi connectivity index (χ2v) is 4.28. The van der Waals surface area contributed by atoms with E-state index in [-0.39, 0.29) is 5.41 Å². The van der Waals surface area contributed by atoms with Crippen molar-refractivity contribution >= 4 is 0 Å². The molecule has 0 aromatic carbocycles. The quantitative estimate of drug-likeness (QED) is 0.532. The second kappa shape index (κ2) is 2.85. The van der Waals surface area contributed by atoms with Crippen LogP contribution in [-0.2, 0) is 12.5 Å². The summed E-state index contributed by atoms with van der Waals surface area (Å²) in [6.45, 7) is 8.65. The van der Waals surface area contributed by atoms with E-state index in [1.807, 2.05) is 20.3 Å². The molecular weight excluding hydrogens is 148 g/mol. The Kier molecular flexibility index (Phi) is 2.18. The zero-order valence-corrected chi connectivity index (χ0v) is 8.55. The van der Waals surface area contributed by atoms with Gasteiger partial charge in [0.25, 0.3) is 6.33 Å². The van der Waals surface area contributed by atoms with Gasteiger partial charge in [0.2, 0.25) is 0 Å². The summed E-state index contributed by atoms with van der Waals surface area (Å²) in [6, 6.07) is 2.14. The lowest BCUT2D eigenvalue weighted by atomic mass is 9.91. The fourth-order valence-electron chi connectivity index (χ4n) is 1.32. The maximum atomic E-state index is 4.22. The minimum atomic E-state index is 0.197. The molecule has 0 spiro atoms. The van der Waals surface area contributed by atoms with Crippen LogP contribution in [0.1, 0.15) is 32.2 Å². The molecule has 12 heavy (non-hydrogen) atoms. The maximum Gasteiger partial charge on any atom is 0.286 e. The molecule has 0 unspecified atom stereocenters. The molecule has 2 nitrogen and oxygen atoms in total. The molecule has 0 fully saturated rings. The van der Waals surface area contributed by atoms with Crippen LogP contribution >= 0.6 is 0 Å². The highest BCUT2D eigenvalue weighted by Crippen LogP contribution is 2.17. The van der Waals surface area contributed by atoms with E-state index in [1.54, 1.807) is 0 Å². The van der Waals surface area contributed by atoms with Crippen molar-refractivity contribution in [1.82, 2.24) is 4.98 Å². The van der Waals surface area contributed by atoms with Crippen LogP contribution in [0.5, 0.6) is 0 Å². The molecule has 1 aromatic rings. The lowest BCUT2D eigenvalue weighted by Gasteiger charge is -2.17. The average molecular weight is 165 g/mol. The highest BCUT2D eigenvalue weighted by molar-refractivity contribution is 5.09. The van der Waals surface area contributed by atoms with Crippen molar-refractivity contribution in [3.05, 3.63) is 23.8 Å². The minimum Gasteiger partial charge on any atom is -0.236 e. The molecule has 0 aliphatic carbocycles. The van der Waals surface area contributed by atoms with Crippen LogP contribution in [0, 0.1) is 6.92 Å². The Morgan fingerprint density at radius 3 is 2.33 bits per heavy atom. The zero-order chi connectivity index (χ0) is 9.35. The van der Waals surface area contributed by atoms with E-state index in [2.05, 4.69) is 36.4 Å². The van der Waals surface area contributed by atoms with Gasteiger partial charge in [0, 0.05) is 18.4 Å². The number of aryl methyl sites for hydroxylation is 2. The van der Waals surface area contributed by atoms with Gasteiger partial charge < -0.3 is 0 Å². The fourth-order valence-corrected chi connectivity index (χ4v) is 1.32. The van der Waals surface area contributed by atoms with E-state index in [0.717, 1.165) is 5.69 Å². The predicted molar refractivity (Wildman–Crippen MR) is 48.9 cm³/mol. The Balaban J connectivity index is 3.23. The summed E-state index contributed by atoms with van der Waals surface area (Å²) in [5.74, 6) is 0. The molecule has 0 radical (unpaired) electrons. The van der Waals surface area contributed by atoms with Gasteiger partial charge >= 0.3 is 0 Å². The van der Waals surface area contributed by atoms with Crippen molar-refractivity contribution in [3.8, 4) is 0 Å². The van der Waals surface area contributed by atoms with Gasteiger partial charge in [0.05, 0.1) is 7.05 Å². The molecule has 0 aliphatic heterocycles. The van der Waals surface area contributed by atoms with Crippen molar-refractivity contribution in [2.45, 2.75) is 33.1 Å². The topological polar surface area (TPSA) is 16.8 Å². The molecule has 0 saturated carbocycles. The smallest absolute Gasteiger partial charge is 0.236 e. The largest absolute Gasteiger partial charge is 0.286 e. The maximum absolute atomic E-state index is 4.22. The van der Waals surface area contributed by atoms with Crippen molar-refractivity contribution in [2.24, 2.45) is 7.05 Å². The van der Waals surface area contributed by atoms with Crippen LogP contribution in [0.2, 0.25) is 0 Å². The summed E-state index contributed by atoms with van der Waals surface area (Å²) in [5, 5.41) is 0. The molecule has 0 amide bonds. The minimum absolute atomic E-state index is 0.197. The van der Waals surface area contributed by atoms with Crippen molar-refractivity contribution < 1.29 is 4.57 Å². The fraction of sp³-hybridized carbons (Fsp3) is 0.600. The van der Waals surface area contributed by atoms with Gasteiger partial charge in [0.15, 0.2) is 5.69 Å². The third-order valence-electron chi connectivity index (χ3n) is 1.93. The third kappa shape index (κ3) is 1.81. The molecular formula is C10H17N2+. The van der Waals surface area contributed by atoms with Crippen LogP contribution in [0.15, 0.2) is 12.4 Å². The van der Waals surface area contributed by atoms with Gasteiger partial charge in [-0.05, 0) is 0 Å². The van der Waals surface area contributed by atoms with E-state index in [9.17, 15) is 0 Å². The Morgan fingerprint density at radius 1 is 1.33 bits per heavy atom. The third-order valence-corrected chi connectivity index (χ3v) is 1.93. The normalized spacial score (nSPS) is 11.8. The van der Waals surface area contributed by atoms with E-state index in [4.69, 9.17) is 0 Å². The molecule has 0 aliphatic rings. The van der Waals surface area contributed by atoms with Crippen molar-refractivity contribution in [3.63, 3.8) is 0 Å². The van der Waals surface area contributed by atoms with Crippen LogP contribution in [0.4, 0.5) is 0 Å². The van der Waals surface area contributed by atoms with Crippen LogP contribution < -0.4 is 4.57 Å². The lowest BCUT2D eigenvalue weighted by molar-refractivity contribution is -0.685. The SMILES string of the molecule is Cc1cc(C(C)(C)C)[n+](C)cn1. The summed E-state index contributed by atoms with van der Waals surface area (Å²) in [6.07, 6.45) is 1.87. The molecule has 0 atom stereocenters. The van der Waals surface area contributed by atoms with Gasteiger partial charge in [-0.25, -0.2) is 4.57 Å².